The Bertz CT molecular complexity index is 641. The molecule has 0 radical (unpaired) electrons. The standard InChI is InChI=1S/C15H14FNO2S/c16-11-3-4-13-10(8-11)5-6-15(13,14(18)19)17-9-12-2-1-7-20-12/h1-4,7-8,17H,5-6,9H2,(H,18,19). The van der Waals surface area contributed by atoms with Crippen molar-refractivity contribution in [2.24, 2.45) is 0 Å². The van der Waals surface area contributed by atoms with Crippen LogP contribution in [-0.4, -0.2) is 11.1 Å². The molecule has 3 rings (SSSR count). The maximum absolute atomic E-state index is 13.3. The zero-order valence-electron chi connectivity index (χ0n) is 10.7. The maximum atomic E-state index is 13.3. The molecule has 1 unspecified atom stereocenters. The van der Waals surface area contributed by atoms with Crippen LogP contribution in [0.15, 0.2) is 35.7 Å². The van der Waals surface area contributed by atoms with Crippen LogP contribution >= 0.6 is 11.3 Å². The van der Waals surface area contributed by atoms with Crippen LogP contribution in [0.1, 0.15) is 22.4 Å². The number of hydrogen-bond donors (Lipinski definition) is 2. The maximum Gasteiger partial charge on any atom is 0.328 e. The fourth-order valence-electron chi connectivity index (χ4n) is 2.77. The zero-order chi connectivity index (χ0) is 14.2. The molecular weight excluding hydrogens is 277 g/mol. The lowest BCUT2D eigenvalue weighted by molar-refractivity contribution is -0.145. The van der Waals surface area contributed by atoms with Crippen LogP contribution in [0.4, 0.5) is 4.39 Å². The number of aliphatic carboxylic acids is 1. The van der Waals surface area contributed by atoms with Gasteiger partial charge < -0.3 is 5.11 Å². The molecule has 20 heavy (non-hydrogen) atoms. The first-order chi connectivity index (χ1) is 9.62. The van der Waals surface area contributed by atoms with Crippen LogP contribution < -0.4 is 5.32 Å². The van der Waals surface area contributed by atoms with Gasteiger partial charge in [0, 0.05) is 11.4 Å². The second kappa shape index (κ2) is 5.00. The van der Waals surface area contributed by atoms with Gasteiger partial charge in [-0.15, -0.1) is 11.3 Å². The highest BCUT2D eigenvalue weighted by Crippen LogP contribution is 2.38. The van der Waals surface area contributed by atoms with Gasteiger partial charge in [0.1, 0.15) is 11.4 Å². The monoisotopic (exact) mass is 291 g/mol. The Balaban J connectivity index is 1.93. The summed E-state index contributed by atoms with van der Waals surface area (Å²) in [6.45, 7) is 0.501. The van der Waals surface area contributed by atoms with Gasteiger partial charge >= 0.3 is 5.97 Å². The molecule has 2 N–H and O–H groups in total. The molecule has 1 aliphatic rings. The molecule has 0 saturated carbocycles. The summed E-state index contributed by atoms with van der Waals surface area (Å²) in [4.78, 5) is 12.9. The van der Waals surface area contributed by atoms with Gasteiger partial charge in [0.05, 0.1) is 0 Å². The molecule has 1 aromatic carbocycles. The summed E-state index contributed by atoms with van der Waals surface area (Å²) in [6, 6.07) is 8.26. The minimum absolute atomic E-state index is 0.316. The summed E-state index contributed by atoms with van der Waals surface area (Å²) in [6.07, 6.45) is 1.03. The zero-order valence-corrected chi connectivity index (χ0v) is 11.5. The van der Waals surface area contributed by atoms with Crippen molar-refractivity contribution in [3.8, 4) is 0 Å². The van der Waals surface area contributed by atoms with Crippen molar-refractivity contribution >= 4 is 17.3 Å². The average Bonchev–Trinajstić information content (AvgIpc) is 3.03. The minimum atomic E-state index is -1.10. The summed E-state index contributed by atoms with van der Waals surface area (Å²) in [5, 5.41) is 14.8. The predicted molar refractivity (Wildman–Crippen MR) is 75.2 cm³/mol. The second-order valence-corrected chi connectivity index (χ2v) is 5.98. The highest BCUT2D eigenvalue weighted by molar-refractivity contribution is 7.09. The number of carboxylic acids is 1. The number of carbonyl (C=O) groups is 1. The van der Waals surface area contributed by atoms with E-state index in [1.165, 1.54) is 12.1 Å². The molecule has 1 heterocycles. The number of halogens is 1. The fourth-order valence-corrected chi connectivity index (χ4v) is 3.42. The molecular formula is C15H14FNO2S. The van der Waals surface area contributed by atoms with E-state index in [-0.39, 0.29) is 5.82 Å². The van der Waals surface area contributed by atoms with Crippen LogP contribution in [0.25, 0.3) is 0 Å². The number of rotatable bonds is 4. The fraction of sp³-hybridized carbons (Fsp3) is 0.267. The highest BCUT2D eigenvalue weighted by atomic mass is 32.1. The smallest absolute Gasteiger partial charge is 0.328 e. The molecule has 3 nitrogen and oxygen atoms in total. The van der Waals surface area contributed by atoms with Gasteiger partial charge in [-0.1, -0.05) is 12.1 Å². The lowest BCUT2D eigenvalue weighted by Gasteiger charge is -2.27. The Hall–Kier alpha value is -1.72. The van der Waals surface area contributed by atoms with E-state index in [1.807, 2.05) is 17.5 Å². The Morgan fingerprint density at radius 2 is 2.30 bits per heavy atom. The van der Waals surface area contributed by atoms with E-state index in [9.17, 15) is 14.3 Å². The molecule has 2 aromatic rings. The van der Waals surface area contributed by atoms with Crippen molar-refractivity contribution in [2.75, 3.05) is 0 Å². The second-order valence-electron chi connectivity index (χ2n) is 4.94. The average molecular weight is 291 g/mol. The molecule has 0 aliphatic heterocycles. The number of thiophene rings is 1. The molecule has 1 aliphatic carbocycles. The number of benzene rings is 1. The summed E-state index contributed by atoms with van der Waals surface area (Å²) < 4.78 is 13.3. The molecule has 1 atom stereocenters. The van der Waals surface area contributed by atoms with Gasteiger partial charge in [0.2, 0.25) is 0 Å². The minimum Gasteiger partial charge on any atom is -0.480 e. The van der Waals surface area contributed by atoms with Crippen LogP contribution in [0, 0.1) is 5.82 Å². The first kappa shape index (κ1) is 13.3. The summed E-state index contributed by atoms with van der Waals surface area (Å²) in [5.74, 6) is -1.22. The number of aryl methyl sites for hydroxylation is 1. The Morgan fingerprint density at radius 1 is 1.45 bits per heavy atom. The molecule has 1 aromatic heterocycles. The number of fused-ring (bicyclic) bond motifs is 1. The summed E-state index contributed by atoms with van der Waals surface area (Å²) in [7, 11) is 0. The van der Waals surface area contributed by atoms with Gasteiger partial charge in [0.15, 0.2) is 0 Å². The summed E-state index contributed by atoms with van der Waals surface area (Å²) >= 11 is 1.59. The Labute approximate surface area is 120 Å². The van der Waals surface area contributed by atoms with Crippen molar-refractivity contribution in [3.05, 3.63) is 57.5 Å². The van der Waals surface area contributed by atoms with Crippen LogP contribution in [0.2, 0.25) is 0 Å². The molecule has 104 valence electrons. The number of nitrogens with one attached hydrogen (secondary N) is 1. The van der Waals surface area contributed by atoms with Crippen molar-refractivity contribution in [2.45, 2.75) is 24.9 Å². The van der Waals surface area contributed by atoms with E-state index in [0.29, 0.717) is 24.9 Å². The Kier molecular flexibility index (Phi) is 3.31. The topological polar surface area (TPSA) is 49.3 Å². The third-order valence-electron chi connectivity index (χ3n) is 3.81. The largest absolute Gasteiger partial charge is 0.480 e. The molecule has 0 saturated heterocycles. The van der Waals surface area contributed by atoms with E-state index < -0.39 is 11.5 Å². The van der Waals surface area contributed by atoms with E-state index >= 15 is 0 Å². The molecule has 0 amide bonds. The lowest BCUT2D eigenvalue weighted by atomic mass is 9.91. The van der Waals surface area contributed by atoms with Gasteiger partial charge in [-0.25, -0.2) is 9.18 Å². The number of hydrogen-bond acceptors (Lipinski definition) is 3. The van der Waals surface area contributed by atoms with Gasteiger partial charge in [-0.2, -0.15) is 0 Å². The first-order valence-corrected chi connectivity index (χ1v) is 7.29. The van der Waals surface area contributed by atoms with E-state index in [2.05, 4.69) is 5.32 Å². The highest BCUT2D eigenvalue weighted by Gasteiger charge is 2.45. The van der Waals surface area contributed by atoms with Crippen LogP contribution in [-0.2, 0) is 23.3 Å². The summed E-state index contributed by atoms with van der Waals surface area (Å²) in [5.41, 5.74) is 0.363. The van der Waals surface area contributed by atoms with Crippen molar-refractivity contribution < 1.29 is 14.3 Å². The van der Waals surface area contributed by atoms with E-state index in [0.717, 1.165) is 10.4 Å². The van der Waals surface area contributed by atoms with Crippen molar-refractivity contribution in [3.63, 3.8) is 0 Å². The van der Waals surface area contributed by atoms with Gasteiger partial charge in [0.25, 0.3) is 0 Å². The van der Waals surface area contributed by atoms with E-state index in [1.54, 1.807) is 17.4 Å². The van der Waals surface area contributed by atoms with Crippen molar-refractivity contribution in [1.82, 2.24) is 5.32 Å². The van der Waals surface area contributed by atoms with E-state index in [4.69, 9.17) is 0 Å². The lowest BCUT2D eigenvalue weighted by Crippen LogP contribution is -2.47. The van der Waals surface area contributed by atoms with Crippen LogP contribution in [0.5, 0.6) is 0 Å². The van der Waals surface area contributed by atoms with Gasteiger partial charge in [-0.3, -0.25) is 5.32 Å². The molecule has 5 heteroatoms. The Morgan fingerprint density at radius 3 is 3.00 bits per heavy atom. The predicted octanol–water partition coefficient (Wildman–Crippen LogP) is 2.90. The third-order valence-corrected chi connectivity index (χ3v) is 4.68. The van der Waals surface area contributed by atoms with Crippen molar-refractivity contribution in [1.29, 1.82) is 0 Å². The van der Waals surface area contributed by atoms with Crippen LogP contribution in [0.3, 0.4) is 0 Å². The molecule has 0 bridgehead atoms. The van der Waals surface area contributed by atoms with Gasteiger partial charge in [-0.05, 0) is 47.5 Å². The first-order valence-electron chi connectivity index (χ1n) is 6.41. The number of carboxylic acid groups (broad SMARTS) is 1. The SMILES string of the molecule is O=C(O)C1(NCc2cccs2)CCc2cc(F)ccc21. The quantitative estimate of drug-likeness (QED) is 0.910. The third kappa shape index (κ3) is 2.13. The molecule has 0 fully saturated rings. The normalized spacial score (nSPS) is 20.9. The molecule has 0 spiro atoms.